The van der Waals surface area contributed by atoms with Gasteiger partial charge in [-0.2, -0.15) is 0 Å². The molecule has 5 heteroatoms. The van der Waals surface area contributed by atoms with Crippen LogP contribution in [-0.2, 0) is 0 Å². The average Bonchev–Trinajstić information content (AvgIpc) is 2.30. The predicted octanol–water partition coefficient (Wildman–Crippen LogP) is 1.50. The molecule has 0 fully saturated rings. The van der Waals surface area contributed by atoms with Crippen molar-refractivity contribution in [2.45, 2.75) is 0 Å². The summed E-state index contributed by atoms with van der Waals surface area (Å²) in [5.41, 5.74) is 0. The van der Waals surface area contributed by atoms with Gasteiger partial charge in [0.25, 0.3) is 0 Å². The SMILES string of the molecule is F[I+](F)(F)(F)(c1ccccc1)c1ccccc1. The van der Waals surface area contributed by atoms with Gasteiger partial charge < -0.3 is 0 Å². The molecule has 0 atom stereocenters. The van der Waals surface area contributed by atoms with Crippen LogP contribution in [-0.4, -0.2) is 0 Å². The molecule has 0 saturated heterocycles. The van der Waals surface area contributed by atoms with Crippen LogP contribution in [0.4, 0.5) is 11.4 Å². The van der Waals surface area contributed by atoms with Crippen LogP contribution in [0.1, 0.15) is 0 Å². The quantitative estimate of drug-likeness (QED) is 0.565. The van der Waals surface area contributed by atoms with Gasteiger partial charge in [-0.3, -0.25) is 0 Å². The van der Waals surface area contributed by atoms with E-state index in [2.05, 4.69) is 0 Å². The maximum atomic E-state index is 14.1. The van der Waals surface area contributed by atoms with Crippen molar-refractivity contribution in [3.8, 4) is 0 Å². The first-order chi connectivity index (χ1) is 7.74. The number of benzene rings is 2. The summed E-state index contributed by atoms with van der Waals surface area (Å²) in [5.74, 6) is 0. The second-order valence-electron chi connectivity index (χ2n) is 3.58. The first-order valence-corrected chi connectivity index (χ1v) is 10.2. The van der Waals surface area contributed by atoms with Crippen molar-refractivity contribution in [2.75, 3.05) is 0 Å². The van der Waals surface area contributed by atoms with E-state index in [1.807, 2.05) is 0 Å². The molecule has 2 rings (SSSR count). The second kappa shape index (κ2) is 3.22. The fourth-order valence-corrected chi connectivity index (χ4v) is 5.91. The van der Waals surface area contributed by atoms with Crippen molar-refractivity contribution >= 4 is 0 Å². The van der Waals surface area contributed by atoms with Gasteiger partial charge in [0.05, 0.1) is 0 Å². The van der Waals surface area contributed by atoms with Crippen LogP contribution >= 0.6 is 0 Å². The van der Waals surface area contributed by atoms with Crippen LogP contribution in [0, 0.1) is 7.14 Å². The fraction of sp³-hybridized carbons (Fsp3) is 0. The van der Waals surface area contributed by atoms with Gasteiger partial charge in [0.15, 0.2) is 0 Å². The summed E-state index contributed by atoms with van der Waals surface area (Å²) in [6, 6.07) is 10.8. The number of hydrogen-bond acceptors (Lipinski definition) is 0. The predicted molar refractivity (Wildman–Crippen MR) is 54.7 cm³/mol. The monoisotopic (exact) mass is 357 g/mol. The Hall–Kier alpha value is -1.11. The van der Waals surface area contributed by atoms with Crippen molar-refractivity contribution in [1.82, 2.24) is 0 Å². The Kier molecular flexibility index (Phi) is 2.34. The van der Waals surface area contributed by atoms with Crippen molar-refractivity contribution in [2.24, 2.45) is 0 Å². The van der Waals surface area contributed by atoms with E-state index in [9.17, 15) is 11.4 Å². The van der Waals surface area contributed by atoms with E-state index in [1.165, 1.54) is 36.4 Å². The number of rotatable bonds is 2. The Bertz CT molecular complexity index is 484. The van der Waals surface area contributed by atoms with E-state index >= 15 is 0 Å². The molecule has 0 aromatic heterocycles. The summed E-state index contributed by atoms with van der Waals surface area (Å²) in [7, 11) is 0. The Morgan fingerprint density at radius 2 is 0.824 bits per heavy atom. The Morgan fingerprint density at radius 1 is 0.529 bits per heavy atom. The minimum absolute atomic E-state index is 0.787. The summed E-state index contributed by atoms with van der Waals surface area (Å²) >= 11 is -9.23. The summed E-state index contributed by atoms with van der Waals surface area (Å²) < 4.78 is 54.1. The zero-order chi connectivity index (χ0) is 12.6. The molecule has 0 bridgehead atoms. The molecule has 2 aromatic carbocycles. The molecule has 0 saturated carbocycles. The molecule has 0 aliphatic heterocycles. The Morgan fingerprint density at radius 3 is 1.12 bits per heavy atom. The topological polar surface area (TPSA) is 0 Å². The molecular formula is C12H10F4I+. The Balaban J connectivity index is 2.76. The van der Waals surface area contributed by atoms with Gasteiger partial charge in [-0.25, -0.2) is 0 Å². The van der Waals surface area contributed by atoms with Crippen LogP contribution in [0.15, 0.2) is 60.7 Å². The molecule has 2 aromatic rings. The zero-order valence-corrected chi connectivity index (χ0v) is 10.8. The summed E-state index contributed by atoms with van der Waals surface area (Å²) in [5, 5.41) is 0. The van der Waals surface area contributed by atoms with Crippen LogP contribution in [0.25, 0.3) is 0 Å². The summed E-state index contributed by atoms with van der Waals surface area (Å²) in [6.07, 6.45) is 0. The molecule has 0 nitrogen and oxygen atoms in total. The van der Waals surface area contributed by atoms with E-state index in [1.54, 1.807) is 0 Å². The molecular weight excluding hydrogens is 347 g/mol. The standard InChI is InChI=1S/C12H10F4I/c13-17(14,15,16,11-7-3-1-4-8-11)12-9-5-2-6-10-12/h1-10H/q+1. The van der Waals surface area contributed by atoms with Gasteiger partial charge in [-0.05, 0) is 0 Å². The van der Waals surface area contributed by atoms with Crippen LogP contribution in [0.2, 0.25) is 0 Å². The van der Waals surface area contributed by atoms with Crippen LogP contribution in [0.5, 0.6) is 0 Å². The maximum absolute atomic E-state index is 14.1. The van der Waals surface area contributed by atoms with Crippen molar-refractivity contribution < 1.29 is 29.4 Å². The van der Waals surface area contributed by atoms with E-state index < -0.39 is 25.1 Å². The normalized spacial score (nSPS) is 16.0. The van der Waals surface area contributed by atoms with E-state index in [4.69, 9.17) is 0 Å². The third-order valence-corrected chi connectivity index (χ3v) is 8.79. The first kappa shape index (κ1) is 12.3. The van der Waals surface area contributed by atoms with Gasteiger partial charge in [-0.1, -0.05) is 0 Å². The molecule has 0 aliphatic carbocycles. The van der Waals surface area contributed by atoms with Crippen molar-refractivity contribution in [1.29, 1.82) is 0 Å². The van der Waals surface area contributed by atoms with Crippen LogP contribution < -0.4 is 18.0 Å². The van der Waals surface area contributed by atoms with Crippen molar-refractivity contribution in [3.05, 3.63) is 67.8 Å². The van der Waals surface area contributed by atoms with Gasteiger partial charge in [0.2, 0.25) is 0 Å². The summed E-state index contributed by atoms with van der Waals surface area (Å²) in [6.45, 7) is 0. The second-order valence-corrected chi connectivity index (χ2v) is 11.7. The molecule has 0 radical (unpaired) electrons. The average molecular weight is 357 g/mol. The Labute approximate surface area is 97.2 Å². The minimum atomic E-state index is -9.23. The third-order valence-electron chi connectivity index (χ3n) is 2.34. The molecule has 0 heterocycles. The molecule has 0 N–H and O–H groups in total. The fourth-order valence-electron chi connectivity index (χ4n) is 1.46. The van der Waals surface area contributed by atoms with Crippen molar-refractivity contribution in [3.63, 3.8) is 0 Å². The summed E-state index contributed by atoms with van der Waals surface area (Å²) in [4.78, 5) is 0. The van der Waals surface area contributed by atoms with Gasteiger partial charge in [-0.15, -0.1) is 0 Å². The van der Waals surface area contributed by atoms with E-state index in [0.29, 0.717) is 0 Å². The first-order valence-electron chi connectivity index (χ1n) is 4.77. The molecule has 0 aliphatic rings. The number of hydrogen-bond donors (Lipinski definition) is 0. The van der Waals surface area contributed by atoms with E-state index in [-0.39, 0.29) is 0 Å². The van der Waals surface area contributed by atoms with Gasteiger partial charge in [0, 0.05) is 0 Å². The molecule has 0 spiro atoms. The van der Waals surface area contributed by atoms with Crippen LogP contribution in [0.3, 0.4) is 0 Å². The molecule has 17 heavy (non-hydrogen) atoms. The molecule has 0 amide bonds. The zero-order valence-electron chi connectivity index (χ0n) is 8.66. The molecule has 0 unspecified atom stereocenters. The van der Waals surface area contributed by atoms with Gasteiger partial charge >= 0.3 is 97.2 Å². The number of halogens is 5. The van der Waals surface area contributed by atoms with Gasteiger partial charge in [0.1, 0.15) is 0 Å². The van der Waals surface area contributed by atoms with E-state index in [0.717, 1.165) is 24.3 Å². The third kappa shape index (κ3) is 2.03. The molecule has 92 valence electrons.